The van der Waals surface area contributed by atoms with Crippen molar-refractivity contribution in [3.63, 3.8) is 0 Å². The van der Waals surface area contributed by atoms with Crippen LogP contribution in [0.5, 0.6) is 0 Å². The first-order valence-electron chi connectivity index (χ1n) is 6.10. The number of anilines is 1. The average molecular weight is 241 g/mol. The van der Waals surface area contributed by atoms with Crippen molar-refractivity contribution in [2.45, 2.75) is 46.7 Å². The molecule has 1 heterocycles. The fraction of sp³-hybridized carbons (Fsp3) is 0.750. The van der Waals surface area contributed by atoms with Crippen molar-refractivity contribution < 1.29 is 0 Å². The minimum absolute atomic E-state index is 0.531. The predicted molar refractivity (Wildman–Crippen MR) is 72.3 cm³/mol. The summed E-state index contributed by atoms with van der Waals surface area (Å²) in [5.41, 5.74) is 0. The normalized spacial score (nSPS) is 11.1. The molecule has 0 aliphatic carbocycles. The largest absolute Gasteiger partial charge is 0.348 e. The molecule has 0 saturated carbocycles. The molecule has 1 rings (SSSR count). The van der Waals surface area contributed by atoms with Gasteiger partial charge in [0.15, 0.2) is 5.13 Å². The van der Waals surface area contributed by atoms with Gasteiger partial charge in [-0.1, -0.05) is 20.8 Å². The van der Waals surface area contributed by atoms with E-state index in [2.05, 4.69) is 42.9 Å². The zero-order valence-electron chi connectivity index (χ0n) is 10.8. The molecule has 0 radical (unpaired) electrons. The average Bonchev–Trinajstić information content (AvgIpc) is 2.71. The number of thiazole rings is 1. The van der Waals surface area contributed by atoms with Crippen molar-refractivity contribution in [3.8, 4) is 0 Å². The van der Waals surface area contributed by atoms with E-state index in [1.54, 1.807) is 11.3 Å². The van der Waals surface area contributed by atoms with Gasteiger partial charge in [-0.3, -0.25) is 0 Å². The predicted octanol–water partition coefficient (Wildman–Crippen LogP) is 2.88. The lowest BCUT2D eigenvalue weighted by Crippen LogP contribution is -2.23. The quantitative estimate of drug-likeness (QED) is 0.795. The number of aromatic nitrogens is 1. The second-order valence-electron chi connectivity index (χ2n) is 4.22. The van der Waals surface area contributed by atoms with E-state index in [9.17, 15) is 0 Å². The van der Waals surface area contributed by atoms with Crippen LogP contribution in [0, 0.1) is 0 Å². The Morgan fingerprint density at radius 3 is 2.75 bits per heavy atom. The van der Waals surface area contributed by atoms with E-state index in [1.807, 2.05) is 6.20 Å². The van der Waals surface area contributed by atoms with Gasteiger partial charge in [0.1, 0.15) is 0 Å². The molecule has 0 aliphatic rings. The Hall–Kier alpha value is -0.610. The molecular formula is C12H23N3S. The summed E-state index contributed by atoms with van der Waals surface area (Å²) in [7, 11) is 0. The van der Waals surface area contributed by atoms with Crippen LogP contribution in [0.3, 0.4) is 0 Å². The molecule has 0 fully saturated rings. The summed E-state index contributed by atoms with van der Waals surface area (Å²) in [5, 5.41) is 4.57. The first-order valence-corrected chi connectivity index (χ1v) is 6.92. The number of nitrogens with zero attached hydrogens (tertiary/aromatic N) is 2. The highest BCUT2D eigenvalue weighted by atomic mass is 32.1. The van der Waals surface area contributed by atoms with Crippen molar-refractivity contribution >= 4 is 16.5 Å². The molecule has 1 aromatic heterocycles. The van der Waals surface area contributed by atoms with Gasteiger partial charge in [-0.05, 0) is 13.3 Å². The fourth-order valence-electron chi connectivity index (χ4n) is 1.49. The summed E-state index contributed by atoms with van der Waals surface area (Å²) >= 11 is 1.80. The molecule has 0 aliphatic heterocycles. The number of nitrogens with one attached hydrogen (secondary N) is 1. The third kappa shape index (κ3) is 4.10. The van der Waals surface area contributed by atoms with Crippen molar-refractivity contribution in [1.29, 1.82) is 0 Å². The molecule has 0 spiro atoms. The third-order valence-corrected chi connectivity index (χ3v) is 3.43. The van der Waals surface area contributed by atoms with Crippen LogP contribution in [-0.2, 0) is 6.54 Å². The van der Waals surface area contributed by atoms with Crippen LogP contribution >= 0.6 is 11.3 Å². The zero-order valence-corrected chi connectivity index (χ0v) is 11.6. The van der Waals surface area contributed by atoms with Gasteiger partial charge < -0.3 is 10.2 Å². The van der Waals surface area contributed by atoms with Gasteiger partial charge in [0.05, 0.1) is 0 Å². The maximum Gasteiger partial charge on any atom is 0.185 e. The number of rotatable bonds is 7. The fourth-order valence-corrected chi connectivity index (χ4v) is 2.44. The molecule has 16 heavy (non-hydrogen) atoms. The second kappa shape index (κ2) is 6.86. The topological polar surface area (TPSA) is 28.2 Å². The van der Waals surface area contributed by atoms with Gasteiger partial charge in [-0.25, -0.2) is 4.98 Å². The van der Waals surface area contributed by atoms with Crippen molar-refractivity contribution in [1.82, 2.24) is 10.3 Å². The third-order valence-electron chi connectivity index (χ3n) is 2.37. The molecule has 92 valence electrons. The van der Waals surface area contributed by atoms with Gasteiger partial charge >= 0.3 is 0 Å². The summed E-state index contributed by atoms with van der Waals surface area (Å²) in [6, 6.07) is 0.531. The molecule has 0 unspecified atom stereocenters. The van der Waals surface area contributed by atoms with Crippen LogP contribution in [-0.4, -0.2) is 24.1 Å². The van der Waals surface area contributed by atoms with Crippen LogP contribution in [0.15, 0.2) is 6.20 Å². The van der Waals surface area contributed by atoms with Crippen molar-refractivity contribution in [2.75, 3.05) is 18.0 Å². The Morgan fingerprint density at radius 1 is 1.44 bits per heavy atom. The zero-order chi connectivity index (χ0) is 12.0. The highest BCUT2D eigenvalue weighted by Gasteiger charge is 2.08. The van der Waals surface area contributed by atoms with Gasteiger partial charge in [0, 0.05) is 36.8 Å². The minimum atomic E-state index is 0.531. The molecule has 4 heteroatoms. The monoisotopic (exact) mass is 241 g/mol. The van der Waals surface area contributed by atoms with Crippen LogP contribution in [0.4, 0.5) is 5.13 Å². The first kappa shape index (κ1) is 13.5. The highest BCUT2D eigenvalue weighted by molar-refractivity contribution is 7.15. The summed E-state index contributed by atoms with van der Waals surface area (Å²) in [6.07, 6.45) is 3.17. The molecule has 1 aromatic rings. The summed E-state index contributed by atoms with van der Waals surface area (Å²) in [5.74, 6) is 0. The summed E-state index contributed by atoms with van der Waals surface area (Å²) in [4.78, 5) is 8.14. The maximum absolute atomic E-state index is 4.49. The lowest BCUT2D eigenvalue weighted by molar-refractivity contribution is 0.593. The molecule has 0 saturated heterocycles. The van der Waals surface area contributed by atoms with Gasteiger partial charge in [-0.15, -0.1) is 11.3 Å². The van der Waals surface area contributed by atoms with E-state index in [4.69, 9.17) is 0 Å². The molecule has 0 amide bonds. The van der Waals surface area contributed by atoms with E-state index in [-0.39, 0.29) is 0 Å². The van der Waals surface area contributed by atoms with E-state index in [0.717, 1.165) is 24.8 Å². The standard InChI is InChI=1S/C12H23N3S/c1-5-7-15(6-2)12-14-9-11(16-12)8-13-10(3)4/h9-10,13H,5-8H2,1-4H3. The van der Waals surface area contributed by atoms with Crippen molar-refractivity contribution in [3.05, 3.63) is 11.1 Å². The molecule has 0 atom stereocenters. The smallest absolute Gasteiger partial charge is 0.185 e. The van der Waals surface area contributed by atoms with Crippen LogP contribution in [0.2, 0.25) is 0 Å². The Bertz CT molecular complexity index is 296. The summed E-state index contributed by atoms with van der Waals surface area (Å²) < 4.78 is 0. The van der Waals surface area contributed by atoms with E-state index < -0.39 is 0 Å². The second-order valence-corrected chi connectivity index (χ2v) is 5.32. The lowest BCUT2D eigenvalue weighted by Gasteiger charge is -2.18. The highest BCUT2D eigenvalue weighted by Crippen LogP contribution is 2.22. The first-order chi connectivity index (χ1) is 7.67. The molecule has 0 aromatic carbocycles. The Labute approximate surface area is 103 Å². The molecular weight excluding hydrogens is 218 g/mol. The molecule has 0 bridgehead atoms. The minimum Gasteiger partial charge on any atom is -0.348 e. The van der Waals surface area contributed by atoms with E-state index in [0.29, 0.717) is 6.04 Å². The van der Waals surface area contributed by atoms with E-state index >= 15 is 0 Å². The number of hydrogen-bond donors (Lipinski definition) is 1. The van der Waals surface area contributed by atoms with Crippen LogP contribution in [0.1, 0.15) is 39.0 Å². The van der Waals surface area contributed by atoms with Gasteiger partial charge in [0.2, 0.25) is 0 Å². The van der Waals surface area contributed by atoms with Gasteiger partial charge in [0.25, 0.3) is 0 Å². The lowest BCUT2D eigenvalue weighted by atomic mass is 10.4. The molecule has 3 nitrogen and oxygen atoms in total. The Kier molecular flexibility index (Phi) is 5.77. The molecule has 1 N–H and O–H groups in total. The van der Waals surface area contributed by atoms with Crippen LogP contribution in [0.25, 0.3) is 0 Å². The maximum atomic E-state index is 4.49. The van der Waals surface area contributed by atoms with Gasteiger partial charge in [-0.2, -0.15) is 0 Å². The Balaban J connectivity index is 2.55. The van der Waals surface area contributed by atoms with E-state index in [1.165, 1.54) is 11.3 Å². The summed E-state index contributed by atoms with van der Waals surface area (Å²) in [6.45, 7) is 11.8. The van der Waals surface area contributed by atoms with Crippen LogP contribution < -0.4 is 10.2 Å². The number of hydrogen-bond acceptors (Lipinski definition) is 4. The SMILES string of the molecule is CCCN(CC)c1ncc(CNC(C)C)s1. The Morgan fingerprint density at radius 2 is 2.19 bits per heavy atom. The van der Waals surface area contributed by atoms with Crippen molar-refractivity contribution in [2.24, 2.45) is 0 Å².